The minimum atomic E-state index is -4.03. The molecule has 0 fully saturated rings. The molecule has 0 unspecified atom stereocenters. The molecule has 4 nitrogen and oxygen atoms in total. The van der Waals surface area contributed by atoms with E-state index >= 15 is 0 Å². The first kappa shape index (κ1) is 19.4. The molecular weight excluding hydrogens is 364 g/mol. The molecule has 140 valence electrons. The van der Waals surface area contributed by atoms with Crippen LogP contribution in [0.4, 0.5) is 0 Å². The number of carbonyl (C=O) groups is 2. The third-order valence-corrected chi connectivity index (χ3v) is 10.5. The van der Waals surface area contributed by atoms with Crippen molar-refractivity contribution in [1.82, 2.24) is 0 Å². The summed E-state index contributed by atoms with van der Waals surface area (Å²) >= 11 is -4.03. The molecule has 1 heterocycles. The van der Waals surface area contributed by atoms with Gasteiger partial charge >= 0.3 is 160 Å². The number of carbonyl (C=O) groups excluding carboxylic acids is 2. The van der Waals surface area contributed by atoms with E-state index in [1.54, 1.807) is 0 Å². The van der Waals surface area contributed by atoms with Crippen LogP contribution in [0.15, 0.2) is 43.2 Å². The number of hydrogen-bond acceptors (Lipinski definition) is 4. The van der Waals surface area contributed by atoms with Gasteiger partial charge in [0.05, 0.1) is 0 Å². The SMILES string of the molecule is CC(C)(C)C(=O)[O][Ti]1([O]C(=O)C(C)(C)C)[C]2=C(C=CC2)CC2=[C]1CC=C2. The van der Waals surface area contributed by atoms with E-state index in [1.807, 2.05) is 41.5 Å². The van der Waals surface area contributed by atoms with E-state index in [9.17, 15) is 9.59 Å². The van der Waals surface area contributed by atoms with Crippen LogP contribution in [-0.2, 0) is 33.6 Å². The second-order valence-electron chi connectivity index (χ2n) is 9.29. The Hall–Kier alpha value is -1.39. The van der Waals surface area contributed by atoms with Crippen molar-refractivity contribution in [2.75, 3.05) is 0 Å². The van der Waals surface area contributed by atoms with Crippen molar-refractivity contribution in [2.24, 2.45) is 10.8 Å². The Kier molecular flexibility index (Phi) is 4.73. The van der Waals surface area contributed by atoms with Crippen LogP contribution in [0.5, 0.6) is 0 Å². The molecule has 0 saturated heterocycles. The first-order valence-corrected chi connectivity index (χ1v) is 12.0. The van der Waals surface area contributed by atoms with Gasteiger partial charge in [-0.25, -0.2) is 0 Å². The molecule has 1 aliphatic heterocycles. The van der Waals surface area contributed by atoms with Crippen LogP contribution in [0.1, 0.15) is 60.8 Å². The maximum atomic E-state index is 12.9. The Morgan fingerprint density at radius 2 is 1.19 bits per heavy atom. The Labute approximate surface area is 160 Å². The van der Waals surface area contributed by atoms with Crippen molar-refractivity contribution in [3.63, 3.8) is 0 Å². The fraction of sp³-hybridized carbons (Fsp3) is 0.524. The number of hydrogen-bond donors (Lipinski definition) is 0. The van der Waals surface area contributed by atoms with Crippen LogP contribution in [0.2, 0.25) is 0 Å². The summed E-state index contributed by atoms with van der Waals surface area (Å²) in [5.41, 5.74) is 1.03. The summed E-state index contributed by atoms with van der Waals surface area (Å²) in [5, 5.41) is 0. The van der Waals surface area contributed by atoms with E-state index in [2.05, 4.69) is 24.3 Å². The third-order valence-electron chi connectivity index (χ3n) is 4.93. The van der Waals surface area contributed by atoms with E-state index in [0.29, 0.717) is 12.8 Å². The molecule has 0 amide bonds. The third kappa shape index (κ3) is 3.30. The Balaban J connectivity index is 2.11. The van der Waals surface area contributed by atoms with Gasteiger partial charge in [-0.1, -0.05) is 0 Å². The Bertz CT molecular complexity index is 716. The topological polar surface area (TPSA) is 52.6 Å². The monoisotopic (exact) mass is 392 g/mol. The molecule has 0 saturated carbocycles. The first-order valence-electron chi connectivity index (χ1n) is 9.20. The van der Waals surface area contributed by atoms with Crippen LogP contribution in [0.3, 0.4) is 0 Å². The van der Waals surface area contributed by atoms with Gasteiger partial charge in [-0.05, 0) is 0 Å². The molecule has 3 aliphatic rings. The quantitative estimate of drug-likeness (QED) is 0.622. The van der Waals surface area contributed by atoms with Gasteiger partial charge in [0.15, 0.2) is 0 Å². The molecule has 0 spiro atoms. The molecule has 5 heteroatoms. The van der Waals surface area contributed by atoms with Gasteiger partial charge in [0.25, 0.3) is 0 Å². The van der Waals surface area contributed by atoms with Gasteiger partial charge in [0.2, 0.25) is 0 Å². The summed E-state index contributed by atoms with van der Waals surface area (Å²) in [6.45, 7) is 11.0. The van der Waals surface area contributed by atoms with E-state index in [-0.39, 0.29) is 11.9 Å². The zero-order chi connectivity index (χ0) is 19.3. The fourth-order valence-electron chi connectivity index (χ4n) is 3.35. The van der Waals surface area contributed by atoms with Crippen molar-refractivity contribution in [1.29, 1.82) is 0 Å². The zero-order valence-corrected chi connectivity index (χ0v) is 18.1. The Morgan fingerprint density at radius 3 is 1.54 bits per heavy atom. The van der Waals surface area contributed by atoms with E-state index in [0.717, 1.165) is 14.2 Å². The second-order valence-corrected chi connectivity index (χ2v) is 13.7. The van der Waals surface area contributed by atoms with Gasteiger partial charge in [-0.2, -0.15) is 0 Å². The summed E-state index contributed by atoms with van der Waals surface area (Å²) < 4.78 is 14.6. The molecule has 0 aromatic rings. The molecule has 0 N–H and O–H groups in total. The van der Waals surface area contributed by atoms with Crippen molar-refractivity contribution >= 4 is 11.9 Å². The van der Waals surface area contributed by atoms with E-state index in [4.69, 9.17) is 6.64 Å². The fourth-order valence-corrected chi connectivity index (χ4v) is 9.58. The van der Waals surface area contributed by atoms with Gasteiger partial charge in [0, 0.05) is 0 Å². The summed E-state index contributed by atoms with van der Waals surface area (Å²) in [4.78, 5) is 25.8. The van der Waals surface area contributed by atoms with E-state index in [1.165, 1.54) is 11.1 Å². The molecule has 2 aliphatic carbocycles. The summed E-state index contributed by atoms with van der Waals surface area (Å²) in [6, 6.07) is 0. The molecule has 0 radical (unpaired) electrons. The molecule has 0 aromatic heterocycles. The van der Waals surface area contributed by atoms with Crippen molar-refractivity contribution in [2.45, 2.75) is 60.8 Å². The van der Waals surface area contributed by atoms with Crippen LogP contribution in [0.25, 0.3) is 0 Å². The predicted molar refractivity (Wildman–Crippen MR) is 97.3 cm³/mol. The van der Waals surface area contributed by atoms with Crippen LogP contribution in [-0.4, -0.2) is 11.9 Å². The average molecular weight is 392 g/mol. The van der Waals surface area contributed by atoms with Crippen molar-refractivity contribution in [3.05, 3.63) is 43.2 Å². The molecule has 0 aromatic carbocycles. The number of allylic oxidation sites excluding steroid dienone is 8. The molecule has 3 rings (SSSR count). The molecular formula is C21H28O4Ti. The van der Waals surface area contributed by atoms with Gasteiger partial charge in [-0.3, -0.25) is 0 Å². The summed E-state index contributed by atoms with van der Waals surface area (Å²) in [5.74, 6) is -0.586. The van der Waals surface area contributed by atoms with Crippen LogP contribution in [0, 0.1) is 10.8 Å². The van der Waals surface area contributed by atoms with Crippen molar-refractivity contribution in [3.8, 4) is 0 Å². The average Bonchev–Trinajstić information content (AvgIpc) is 3.14. The van der Waals surface area contributed by atoms with Crippen LogP contribution >= 0.6 is 0 Å². The van der Waals surface area contributed by atoms with Gasteiger partial charge in [-0.15, -0.1) is 0 Å². The maximum absolute atomic E-state index is 12.9. The summed E-state index contributed by atoms with van der Waals surface area (Å²) in [6.07, 6.45) is 10.6. The molecule has 26 heavy (non-hydrogen) atoms. The van der Waals surface area contributed by atoms with Gasteiger partial charge in [0.1, 0.15) is 0 Å². The summed E-state index contributed by atoms with van der Waals surface area (Å²) in [7, 11) is 0. The normalized spacial score (nSPS) is 21.0. The van der Waals surface area contributed by atoms with Gasteiger partial charge < -0.3 is 0 Å². The predicted octanol–water partition coefficient (Wildman–Crippen LogP) is 4.98. The number of rotatable bonds is 2. The van der Waals surface area contributed by atoms with Crippen molar-refractivity contribution < 1.29 is 33.6 Å². The van der Waals surface area contributed by atoms with Crippen LogP contribution < -0.4 is 0 Å². The Morgan fingerprint density at radius 1 is 0.808 bits per heavy atom. The standard InChI is InChI=1S/C11H10.2C5H10O2.Ti/c1-2-6-10(5-1)9-11-7-3-4-8-11;2*1-5(2,3)4(6)7;/h1,3,5,7H,2,4,9H2;2*1-3H3,(H,6,7);/q;;;+2/p-2. The zero-order valence-electron chi connectivity index (χ0n) is 16.6. The second kappa shape index (κ2) is 6.35. The molecule has 0 atom stereocenters. The molecule has 0 bridgehead atoms. The van der Waals surface area contributed by atoms with E-state index < -0.39 is 28.2 Å². The first-order chi connectivity index (χ1) is 11.9. The minimum absolute atomic E-state index is 0.293.